The fourth-order valence-corrected chi connectivity index (χ4v) is 5.94. The van der Waals surface area contributed by atoms with Crippen molar-refractivity contribution in [1.29, 1.82) is 0 Å². The van der Waals surface area contributed by atoms with Crippen LogP contribution in [0.15, 0.2) is 53.7 Å². The predicted octanol–water partition coefficient (Wildman–Crippen LogP) is 0.335. The van der Waals surface area contributed by atoms with E-state index in [2.05, 4.69) is 26.6 Å². The number of unbranched alkanes of at least 4 members (excludes halogenated alkanes) is 2. The molecule has 1 aromatic carbocycles. The topological polar surface area (TPSA) is 147 Å². The van der Waals surface area contributed by atoms with Crippen LogP contribution in [-0.4, -0.2) is 45.5 Å². The normalized spacial score (nSPS) is 15.5. The van der Waals surface area contributed by atoms with Gasteiger partial charge in [-0.05, 0) is 60.4 Å². The van der Waals surface area contributed by atoms with Gasteiger partial charge in [0.25, 0.3) is 17.7 Å². The van der Waals surface area contributed by atoms with Crippen molar-refractivity contribution < 1.29 is 68.2 Å². The van der Waals surface area contributed by atoms with Gasteiger partial charge in [-0.1, -0.05) is 35.4 Å². The molecule has 1 N–H and O–H groups in total. The van der Waals surface area contributed by atoms with Gasteiger partial charge in [0.1, 0.15) is 10.3 Å². The van der Waals surface area contributed by atoms with Crippen LogP contribution in [0.25, 0.3) is 0 Å². The molecule has 15 heteroatoms. The molecule has 2 unspecified atom stereocenters. The van der Waals surface area contributed by atoms with Gasteiger partial charge in [-0.25, -0.2) is 9.78 Å². The maximum atomic E-state index is 12.4. The molecule has 1 aliphatic heterocycles. The van der Waals surface area contributed by atoms with Crippen molar-refractivity contribution in [3.05, 3.63) is 59.8 Å². The second kappa shape index (κ2) is 17.9. The van der Waals surface area contributed by atoms with Crippen LogP contribution in [0.2, 0.25) is 0 Å². The number of carbonyl (C=O) groups is 4. The van der Waals surface area contributed by atoms with Gasteiger partial charge >= 0.3 is 35.5 Å². The Labute approximate surface area is 260 Å². The van der Waals surface area contributed by atoms with Crippen molar-refractivity contribution in [2.75, 3.05) is 6.54 Å². The van der Waals surface area contributed by atoms with E-state index < -0.39 is 23.0 Å². The zero-order valence-corrected chi connectivity index (χ0v) is 25.9. The summed E-state index contributed by atoms with van der Waals surface area (Å²) in [6.07, 6.45) is 3.22. The number of imide groups is 1. The molecule has 204 valence electrons. The van der Waals surface area contributed by atoms with E-state index in [0.29, 0.717) is 48.5 Å². The first-order chi connectivity index (χ1) is 18.4. The van der Waals surface area contributed by atoms with Gasteiger partial charge in [-0.2, -0.15) is 4.33 Å². The van der Waals surface area contributed by atoms with Crippen LogP contribution >= 0.6 is 33.6 Å². The van der Waals surface area contributed by atoms with E-state index in [9.17, 15) is 24.4 Å². The van der Waals surface area contributed by atoms with E-state index >= 15 is 0 Å². The van der Waals surface area contributed by atoms with Crippen molar-refractivity contribution in [3.63, 3.8) is 0 Å². The van der Waals surface area contributed by atoms with Crippen LogP contribution < -0.4 is 40.1 Å². The molecule has 2 aromatic rings. The number of nitrogens with one attached hydrogen (secondary N) is 1. The molecular weight excluding hydrogens is 577 g/mol. The largest absolute Gasteiger partial charge is 1.00 e. The minimum absolute atomic E-state index is 0. The average Bonchev–Trinajstić information content (AvgIpc) is 3.20. The third-order valence-electron chi connectivity index (χ3n) is 5.34. The number of pyridine rings is 1. The number of hydroxylamine groups is 2. The van der Waals surface area contributed by atoms with Crippen molar-refractivity contribution in [2.24, 2.45) is 0 Å². The maximum absolute atomic E-state index is 12.4. The molecule has 0 bridgehead atoms. The van der Waals surface area contributed by atoms with Crippen LogP contribution in [0, 0.1) is 0 Å². The molecule has 0 aliphatic carbocycles. The second-order valence-corrected chi connectivity index (χ2v) is 11.6. The molecule has 1 saturated heterocycles. The second-order valence-electron chi connectivity index (χ2n) is 8.09. The minimum Gasteiger partial charge on any atom is -0.691 e. The Morgan fingerprint density at radius 2 is 1.92 bits per heavy atom. The van der Waals surface area contributed by atoms with Gasteiger partial charge in [0, 0.05) is 42.0 Å². The summed E-state index contributed by atoms with van der Waals surface area (Å²) in [4.78, 5) is 57.4. The third kappa shape index (κ3) is 11.1. The van der Waals surface area contributed by atoms with Gasteiger partial charge < -0.3 is 15.4 Å². The van der Waals surface area contributed by atoms with Gasteiger partial charge in [0.05, 0.1) is 6.42 Å². The smallest absolute Gasteiger partial charge is 0.691 e. The summed E-state index contributed by atoms with van der Waals surface area (Å²) >= 11 is 0.381. The Bertz CT molecular complexity index is 1100. The van der Waals surface area contributed by atoms with Gasteiger partial charge in [-0.3, -0.25) is 19.4 Å². The van der Waals surface area contributed by atoms with Gasteiger partial charge in [0.2, 0.25) is 0 Å². The van der Waals surface area contributed by atoms with Gasteiger partial charge in [-0.15, -0.1) is 5.06 Å². The van der Waals surface area contributed by atoms with Crippen LogP contribution in [0.1, 0.15) is 60.2 Å². The zero-order chi connectivity index (χ0) is 27.3. The average molecular weight is 604 g/mol. The summed E-state index contributed by atoms with van der Waals surface area (Å²) in [5.74, 6) is -2.40. The molecule has 0 spiro atoms. The van der Waals surface area contributed by atoms with Gasteiger partial charge in [0.15, 0.2) is 0 Å². The SMILES string of the molecule is CC(SSc1ccccn1)c1ccc(C(=O)NCCCCCC(=O)ON2C(=O)CC(SOO[O-])C2=O)cc1.[Na+]. The Morgan fingerprint density at radius 3 is 2.62 bits per heavy atom. The molecule has 1 aliphatic rings. The van der Waals surface area contributed by atoms with Crippen molar-refractivity contribution in [3.8, 4) is 0 Å². The molecule has 11 nitrogen and oxygen atoms in total. The number of rotatable bonds is 15. The molecule has 3 rings (SSSR count). The standard InChI is InChI=1S/C24H27N3O8S3.Na/c1-16(37-38-20-7-4-6-13-25-20)17-9-11-18(12-10-17)23(30)26-14-5-2-3-8-22(29)33-27-21(28)15-19(24(27)31)36-35-34-32;/h4,6-7,9-13,16,19,32H,2-3,5,8,14-15H2,1H3,(H,26,30);/q;+1/p-1. The zero-order valence-electron chi connectivity index (χ0n) is 21.4. The molecule has 1 fully saturated rings. The van der Waals surface area contributed by atoms with E-state index in [1.165, 1.54) is 0 Å². The fourth-order valence-electron chi connectivity index (χ4n) is 3.32. The molecule has 2 atom stereocenters. The van der Waals surface area contributed by atoms with Crippen LogP contribution in [0.3, 0.4) is 0 Å². The molecule has 1 aromatic heterocycles. The quantitative estimate of drug-likeness (QED) is 0.0569. The summed E-state index contributed by atoms with van der Waals surface area (Å²) in [6.45, 7) is 2.54. The Hall–Kier alpha value is -1.62. The number of amides is 3. The summed E-state index contributed by atoms with van der Waals surface area (Å²) in [6, 6.07) is 13.3. The van der Waals surface area contributed by atoms with E-state index in [1.54, 1.807) is 39.9 Å². The van der Waals surface area contributed by atoms with E-state index in [4.69, 9.17) is 4.84 Å². The van der Waals surface area contributed by atoms with E-state index in [-0.39, 0.29) is 53.6 Å². The molecule has 3 amide bonds. The first-order valence-electron chi connectivity index (χ1n) is 11.7. The van der Waals surface area contributed by atoms with E-state index in [0.717, 1.165) is 10.6 Å². The molecule has 39 heavy (non-hydrogen) atoms. The van der Waals surface area contributed by atoms with E-state index in [1.807, 2.05) is 30.3 Å². The van der Waals surface area contributed by atoms with Crippen molar-refractivity contribution in [1.82, 2.24) is 15.4 Å². The number of benzene rings is 1. The summed E-state index contributed by atoms with van der Waals surface area (Å²) in [5, 5.41) is 16.4. The number of hydrogen-bond acceptors (Lipinski definition) is 12. The summed E-state index contributed by atoms with van der Waals surface area (Å²) in [7, 11) is 3.31. The van der Waals surface area contributed by atoms with Crippen LogP contribution in [0.4, 0.5) is 0 Å². The third-order valence-corrected chi connectivity index (χ3v) is 8.81. The number of hydrogen-bond donors (Lipinski definition) is 1. The summed E-state index contributed by atoms with van der Waals surface area (Å²) in [5.41, 5.74) is 1.67. The molecule has 0 radical (unpaired) electrons. The first kappa shape index (κ1) is 33.6. The molecular formula is C24H26N3NaO8S3. The van der Waals surface area contributed by atoms with Crippen molar-refractivity contribution >= 4 is 57.3 Å². The monoisotopic (exact) mass is 603 g/mol. The Kier molecular flexibility index (Phi) is 15.5. The first-order valence-corrected chi connectivity index (χ1v) is 14.7. The maximum Gasteiger partial charge on any atom is 1.00 e. The van der Waals surface area contributed by atoms with Crippen LogP contribution in [0.5, 0.6) is 0 Å². The molecule has 2 heterocycles. The fraction of sp³-hybridized carbons (Fsp3) is 0.375. The summed E-state index contributed by atoms with van der Waals surface area (Å²) < 4.78 is 4.06. The Morgan fingerprint density at radius 1 is 1.15 bits per heavy atom. The number of nitrogens with zero attached hydrogens (tertiary/aromatic N) is 2. The molecule has 0 saturated carbocycles. The predicted molar refractivity (Wildman–Crippen MR) is 139 cm³/mol. The van der Waals surface area contributed by atoms with Crippen molar-refractivity contribution in [2.45, 2.75) is 54.6 Å². The number of aromatic nitrogens is 1. The van der Waals surface area contributed by atoms with Crippen LogP contribution in [-0.2, 0) is 28.6 Å². The number of carbonyl (C=O) groups excluding carboxylic acids is 4. The Balaban J connectivity index is 0.00000533. The minimum atomic E-state index is -1.01.